The lowest BCUT2D eigenvalue weighted by atomic mass is 9.77. The fraction of sp³-hybridized carbons (Fsp3) is 0.205. The molecule has 2 unspecified atom stereocenters. The molecule has 220 valence electrons. The standard InChI is InChI=1S/C39H39N5/c1-4-27(22-24-41)36-32-9-5-7-26(3)37(32)44-39-33(36)19-16-30-17-20-35(43-38(30)39)29-14-12-28(13-15-29)34-10-6-8-31(42-34)18-11-25(2)21-23-40/h5-24,26-27,34,37,40,42H,4,41H2,1-3H3/b18-11+,24-22-,25-21-,40-23?/t26-,27-,34?,37?/m1/s1. The number of nitrogens with one attached hydrogen (secondary N) is 2. The number of benzene rings is 2. The number of hydrogen-bond donors (Lipinski definition) is 3. The summed E-state index contributed by atoms with van der Waals surface area (Å²) >= 11 is 0. The molecule has 0 amide bonds. The van der Waals surface area contributed by atoms with Crippen LogP contribution >= 0.6 is 0 Å². The molecule has 2 aromatic carbocycles. The highest BCUT2D eigenvalue weighted by Gasteiger charge is 2.30. The summed E-state index contributed by atoms with van der Waals surface area (Å²) in [5, 5.41) is 14.1. The summed E-state index contributed by atoms with van der Waals surface area (Å²) in [5.41, 5.74) is 14.7. The van der Waals surface area contributed by atoms with Crippen LogP contribution in [0.1, 0.15) is 38.8 Å². The molecular formula is C39H39N5. The molecule has 1 aromatic heterocycles. The van der Waals surface area contributed by atoms with Crippen LogP contribution in [0.15, 0.2) is 137 Å². The summed E-state index contributed by atoms with van der Waals surface area (Å²) in [6.07, 6.45) is 24.8. The third-order valence-electron chi connectivity index (χ3n) is 8.71. The zero-order valence-electron chi connectivity index (χ0n) is 25.5. The number of nitrogens with zero attached hydrogens (tertiary/aromatic N) is 2. The van der Waals surface area contributed by atoms with Gasteiger partial charge in [-0.15, -0.1) is 0 Å². The van der Waals surface area contributed by atoms with Gasteiger partial charge in [0, 0.05) is 39.9 Å². The van der Waals surface area contributed by atoms with Crippen molar-refractivity contribution in [1.82, 2.24) is 10.3 Å². The van der Waals surface area contributed by atoms with E-state index >= 15 is 0 Å². The molecule has 6 rings (SSSR count). The average Bonchev–Trinajstić information content (AvgIpc) is 3.06. The van der Waals surface area contributed by atoms with Gasteiger partial charge in [-0.05, 0) is 66.1 Å². The molecule has 0 saturated carbocycles. The third-order valence-corrected chi connectivity index (χ3v) is 8.71. The molecule has 3 aromatic rings. The van der Waals surface area contributed by atoms with E-state index in [9.17, 15) is 0 Å². The molecule has 1 aliphatic carbocycles. The molecule has 44 heavy (non-hydrogen) atoms. The summed E-state index contributed by atoms with van der Waals surface area (Å²) < 4.78 is 0. The van der Waals surface area contributed by atoms with Crippen molar-refractivity contribution in [2.45, 2.75) is 39.3 Å². The van der Waals surface area contributed by atoms with E-state index < -0.39 is 0 Å². The first kappa shape index (κ1) is 29.1. The first-order chi connectivity index (χ1) is 21.5. The molecule has 0 saturated heterocycles. The Hall–Kier alpha value is -5.03. The fourth-order valence-electron chi connectivity index (χ4n) is 6.33. The quantitative estimate of drug-likeness (QED) is 0.201. The molecule has 5 nitrogen and oxygen atoms in total. The minimum atomic E-state index is 0.0684. The Bertz CT molecular complexity index is 1930. The number of rotatable bonds is 8. The van der Waals surface area contributed by atoms with Gasteiger partial charge in [0.15, 0.2) is 0 Å². The van der Waals surface area contributed by atoms with Gasteiger partial charge in [-0.3, -0.25) is 4.99 Å². The monoisotopic (exact) mass is 577 g/mol. The molecule has 3 aliphatic rings. The lowest BCUT2D eigenvalue weighted by Crippen LogP contribution is -2.40. The smallest absolute Gasteiger partial charge is 0.0967 e. The lowest BCUT2D eigenvalue weighted by Gasteiger charge is -2.31. The number of allylic oxidation sites excluding steroid dienone is 9. The number of nitrogens with two attached hydrogens (primary N) is 1. The largest absolute Gasteiger partial charge is 0.405 e. The van der Waals surface area contributed by atoms with Crippen molar-refractivity contribution in [1.29, 1.82) is 5.41 Å². The van der Waals surface area contributed by atoms with Crippen LogP contribution in [0.2, 0.25) is 0 Å². The number of aromatic nitrogens is 1. The van der Waals surface area contributed by atoms with Gasteiger partial charge in [0.25, 0.3) is 0 Å². The second-order valence-corrected chi connectivity index (χ2v) is 11.6. The van der Waals surface area contributed by atoms with E-state index in [0.717, 1.165) is 50.4 Å². The maximum atomic E-state index is 7.25. The highest BCUT2D eigenvalue weighted by molar-refractivity contribution is 5.84. The zero-order chi connectivity index (χ0) is 30.6. The predicted molar refractivity (Wildman–Crippen MR) is 183 cm³/mol. The van der Waals surface area contributed by atoms with Gasteiger partial charge in [0.2, 0.25) is 0 Å². The molecule has 0 fully saturated rings. The van der Waals surface area contributed by atoms with Crippen LogP contribution in [-0.2, 0) is 0 Å². The van der Waals surface area contributed by atoms with Gasteiger partial charge in [-0.1, -0.05) is 98.8 Å². The van der Waals surface area contributed by atoms with Crippen LogP contribution in [0.4, 0.5) is 0 Å². The van der Waals surface area contributed by atoms with Gasteiger partial charge in [0.1, 0.15) is 0 Å². The molecule has 4 N–H and O–H groups in total. The number of pyridine rings is 1. The second kappa shape index (κ2) is 12.7. The van der Waals surface area contributed by atoms with Crippen molar-refractivity contribution in [3.8, 4) is 11.3 Å². The van der Waals surface area contributed by atoms with Crippen molar-refractivity contribution >= 4 is 22.7 Å². The second-order valence-electron chi connectivity index (χ2n) is 11.6. The van der Waals surface area contributed by atoms with E-state index in [1.165, 1.54) is 22.9 Å². The van der Waals surface area contributed by atoms with Gasteiger partial charge >= 0.3 is 0 Å². The van der Waals surface area contributed by atoms with Gasteiger partial charge in [-0.2, -0.15) is 0 Å². The van der Waals surface area contributed by atoms with Crippen LogP contribution in [0, 0.1) is 17.2 Å². The summed E-state index contributed by atoms with van der Waals surface area (Å²) in [4.78, 5) is 10.6. The first-order valence-electron chi connectivity index (χ1n) is 15.4. The zero-order valence-corrected chi connectivity index (χ0v) is 25.5. The summed E-state index contributed by atoms with van der Waals surface area (Å²) in [7, 11) is 0. The summed E-state index contributed by atoms with van der Waals surface area (Å²) in [5.74, 6) is 0.518. The predicted octanol–water partition coefficient (Wildman–Crippen LogP) is 6.92. The Morgan fingerprint density at radius 3 is 2.61 bits per heavy atom. The summed E-state index contributed by atoms with van der Waals surface area (Å²) in [6.45, 7) is 6.45. The highest BCUT2D eigenvalue weighted by Crippen LogP contribution is 2.35. The third kappa shape index (κ3) is 5.66. The maximum Gasteiger partial charge on any atom is 0.0967 e. The molecule has 0 spiro atoms. The van der Waals surface area contributed by atoms with Crippen molar-refractivity contribution < 1.29 is 0 Å². The van der Waals surface area contributed by atoms with Gasteiger partial charge in [0.05, 0.1) is 28.7 Å². The van der Waals surface area contributed by atoms with E-state index in [1.54, 1.807) is 12.3 Å². The average molecular weight is 578 g/mol. The number of dihydropyridines is 1. The van der Waals surface area contributed by atoms with E-state index in [-0.39, 0.29) is 18.0 Å². The highest BCUT2D eigenvalue weighted by atomic mass is 14.9. The Morgan fingerprint density at radius 1 is 1.05 bits per heavy atom. The van der Waals surface area contributed by atoms with Crippen molar-refractivity contribution in [3.05, 3.63) is 148 Å². The molecule has 0 bridgehead atoms. The van der Waals surface area contributed by atoms with E-state index in [1.807, 2.05) is 19.1 Å². The van der Waals surface area contributed by atoms with Crippen molar-refractivity contribution in [2.75, 3.05) is 0 Å². The molecule has 2 aliphatic heterocycles. The summed E-state index contributed by atoms with van der Waals surface area (Å²) in [6, 6.07) is 17.5. The Kier molecular flexibility index (Phi) is 8.38. The van der Waals surface area contributed by atoms with Gasteiger partial charge < -0.3 is 16.5 Å². The van der Waals surface area contributed by atoms with Gasteiger partial charge in [-0.25, -0.2) is 4.98 Å². The molecule has 0 radical (unpaired) electrons. The van der Waals surface area contributed by atoms with E-state index in [4.69, 9.17) is 21.1 Å². The minimum absolute atomic E-state index is 0.0684. The van der Waals surface area contributed by atoms with Crippen LogP contribution in [-0.4, -0.2) is 17.2 Å². The first-order valence-corrected chi connectivity index (χ1v) is 15.4. The Balaban J connectivity index is 1.37. The van der Waals surface area contributed by atoms with Crippen molar-refractivity contribution in [3.63, 3.8) is 0 Å². The Morgan fingerprint density at radius 2 is 1.84 bits per heavy atom. The SMILES string of the molecule is CC[C@H](/C=C\N)C1=c2ccc3ccc(-c4ccc(C5C=CC=C(/C=C/C(C)=C\C=N)N5)cc4)nc3c2=NC2C1=CC=C[C@H]2C. The normalized spacial score (nSPS) is 21.8. The molecule has 3 heterocycles. The number of hydrogen-bond acceptors (Lipinski definition) is 5. The Labute approximate surface area is 259 Å². The lowest BCUT2D eigenvalue weighted by molar-refractivity contribution is 0.584. The molecule has 5 heteroatoms. The minimum Gasteiger partial charge on any atom is -0.405 e. The van der Waals surface area contributed by atoms with Crippen LogP contribution < -0.4 is 21.6 Å². The van der Waals surface area contributed by atoms with Crippen LogP contribution in [0.3, 0.4) is 0 Å². The van der Waals surface area contributed by atoms with Crippen LogP contribution in [0.5, 0.6) is 0 Å². The van der Waals surface area contributed by atoms with Crippen LogP contribution in [0.25, 0.3) is 27.7 Å². The van der Waals surface area contributed by atoms with Crippen molar-refractivity contribution in [2.24, 2.45) is 22.6 Å². The fourth-order valence-corrected chi connectivity index (χ4v) is 6.33. The molecule has 4 atom stereocenters. The van der Waals surface area contributed by atoms with E-state index in [2.05, 4.69) is 110 Å². The number of fused-ring (bicyclic) bond motifs is 4. The maximum absolute atomic E-state index is 7.25. The topological polar surface area (TPSA) is 87.2 Å². The van der Waals surface area contributed by atoms with E-state index in [0.29, 0.717) is 5.92 Å². The molecular weight excluding hydrogens is 538 g/mol.